The fourth-order valence-corrected chi connectivity index (χ4v) is 3.28. The number of benzene rings is 1. The van der Waals surface area contributed by atoms with E-state index >= 15 is 0 Å². The van der Waals surface area contributed by atoms with Gasteiger partial charge in [0.1, 0.15) is 5.82 Å². The summed E-state index contributed by atoms with van der Waals surface area (Å²) in [5, 5.41) is 10.1. The van der Waals surface area contributed by atoms with Gasteiger partial charge in [-0.2, -0.15) is 4.98 Å². The molecule has 1 aromatic heterocycles. The zero-order valence-corrected chi connectivity index (χ0v) is 13.3. The number of rotatable bonds is 2. The lowest BCUT2D eigenvalue weighted by molar-refractivity contribution is -0.116. The molecule has 0 aliphatic carbocycles. The highest BCUT2D eigenvalue weighted by Gasteiger charge is 2.33. The molecule has 0 spiro atoms. The van der Waals surface area contributed by atoms with Gasteiger partial charge in [-0.05, 0) is 24.7 Å². The molecule has 3 heterocycles. The van der Waals surface area contributed by atoms with Crippen molar-refractivity contribution >= 4 is 11.6 Å². The third-order valence-electron chi connectivity index (χ3n) is 4.62. The van der Waals surface area contributed by atoms with Crippen molar-refractivity contribution in [2.45, 2.75) is 18.4 Å². The highest BCUT2D eigenvalue weighted by molar-refractivity contribution is 5.95. The average Bonchev–Trinajstić information content (AvgIpc) is 3.03. The van der Waals surface area contributed by atoms with Crippen LogP contribution >= 0.6 is 0 Å². The Labute approximate surface area is 138 Å². The number of aromatic nitrogens is 2. The lowest BCUT2D eigenvalue weighted by atomic mass is 9.90. The summed E-state index contributed by atoms with van der Waals surface area (Å²) in [5.74, 6) is 0.0728. The third kappa shape index (κ3) is 2.67. The van der Waals surface area contributed by atoms with E-state index in [9.17, 15) is 9.18 Å². The quantitative estimate of drug-likeness (QED) is 0.862. The number of piperazine rings is 1. The average molecular weight is 331 g/mol. The first-order valence-electron chi connectivity index (χ1n) is 7.95. The molecule has 1 amide bonds. The van der Waals surface area contributed by atoms with Crippen molar-refractivity contribution in [3.05, 3.63) is 41.3 Å². The third-order valence-corrected chi connectivity index (χ3v) is 4.62. The summed E-state index contributed by atoms with van der Waals surface area (Å²) >= 11 is 0. The van der Waals surface area contributed by atoms with Crippen molar-refractivity contribution in [1.82, 2.24) is 20.4 Å². The van der Waals surface area contributed by atoms with Crippen molar-refractivity contribution in [3.8, 4) is 0 Å². The zero-order chi connectivity index (χ0) is 16.7. The first-order chi connectivity index (χ1) is 11.6. The number of hydrogen-bond donors (Lipinski definition) is 2. The van der Waals surface area contributed by atoms with Gasteiger partial charge in [0, 0.05) is 31.7 Å². The number of fused-ring (bicyclic) bond motifs is 1. The molecule has 2 unspecified atom stereocenters. The van der Waals surface area contributed by atoms with Crippen molar-refractivity contribution in [3.63, 3.8) is 0 Å². The summed E-state index contributed by atoms with van der Waals surface area (Å²) in [6, 6.07) is 4.39. The number of carbonyl (C=O) groups excluding carboxylic acids is 1. The van der Waals surface area contributed by atoms with Gasteiger partial charge in [0.05, 0.1) is 12.0 Å². The van der Waals surface area contributed by atoms with Crippen molar-refractivity contribution < 1.29 is 13.7 Å². The van der Waals surface area contributed by atoms with Gasteiger partial charge in [-0.25, -0.2) is 4.39 Å². The van der Waals surface area contributed by atoms with Crippen LogP contribution in [0.3, 0.4) is 0 Å². The molecular formula is C16H18FN5O2. The molecule has 0 radical (unpaired) electrons. The molecule has 2 aliphatic rings. The topological polar surface area (TPSA) is 83.3 Å². The molecule has 4 rings (SSSR count). The van der Waals surface area contributed by atoms with Crippen LogP contribution in [0.15, 0.2) is 22.7 Å². The number of nitrogens with zero attached hydrogens (tertiary/aromatic N) is 3. The van der Waals surface area contributed by atoms with E-state index < -0.39 is 5.82 Å². The Morgan fingerprint density at radius 1 is 1.42 bits per heavy atom. The van der Waals surface area contributed by atoms with Crippen LogP contribution < -0.4 is 10.6 Å². The first-order valence-corrected chi connectivity index (χ1v) is 7.95. The van der Waals surface area contributed by atoms with Gasteiger partial charge in [0.2, 0.25) is 11.8 Å². The fraction of sp³-hybridized carbons (Fsp3) is 0.438. The molecule has 24 heavy (non-hydrogen) atoms. The highest BCUT2D eigenvalue weighted by Crippen LogP contribution is 2.37. The van der Waals surface area contributed by atoms with Crippen LogP contribution in [-0.4, -0.2) is 47.6 Å². The number of nitrogens with one attached hydrogen (secondary N) is 2. The lowest BCUT2D eigenvalue weighted by Crippen LogP contribution is -2.44. The van der Waals surface area contributed by atoms with Crippen LogP contribution in [0.2, 0.25) is 0 Å². The van der Waals surface area contributed by atoms with Crippen LogP contribution in [0.5, 0.6) is 0 Å². The molecule has 2 N–H and O–H groups in total. The maximum absolute atomic E-state index is 13.4. The second-order valence-corrected chi connectivity index (χ2v) is 6.23. The Morgan fingerprint density at radius 2 is 2.29 bits per heavy atom. The maximum atomic E-state index is 13.4. The fourth-order valence-electron chi connectivity index (χ4n) is 3.28. The van der Waals surface area contributed by atoms with Crippen LogP contribution in [0.1, 0.15) is 35.7 Å². The molecule has 1 saturated heterocycles. The van der Waals surface area contributed by atoms with Gasteiger partial charge in [-0.1, -0.05) is 11.2 Å². The normalized spacial score (nSPS) is 24.5. The molecule has 0 saturated carbocycles. The molecule has 1 aromatic carbocycles. The summed E-state index contributed by atoms with van der Waals surface area (Å²) in [7, 11) is 2.02. The maximum Gasteiger partial charge on any atom is 0.234 e. The molecule has 7 nitrogen and oxygen atoms in total. The molecule has 8 heteroatoms. The van der Waals surface area contributed by atoms with Gasteiger partial charge in [0.25, 0.3) is 0 Å². The van der Waals surface area contributed by atoms with E-state index in [1.54, 1.807) is 6.07 Å². The number of hydrogen-bond acceptors (Lipinski definition) is 6. The second kappa shape index (κ2) is 5.95. The summed E-state index contributed by atoms with van der Waals surface area (Å²) in [6.07, 6.45) is 0.207. The van der Waals surface area contributed by atoms with Gasteiger partial charge < -0.3 is 15.2 Å². The minimum atomic E-state index is -0.393. The monoisotopic (exact) mass is 331 g/mol. The number of anilines is 1. The minimum absolute atomic E-state index is 0.0429. The highest BCUT2D eigenvalue weighted by atomic mass is 19.1. The van der Waals surface area contributed by atoms with Crippen LogP contribution in [0, 0.1) is 5.82 Å². The summed E-state index contributed by atoms with van der Waals surface area (Å²) in [6.45, 7) is 2.59. The van der Waals surface area contributed by atoms with Crippen molar-refractivity contribution in [1.29, 1.82) is 0 Å². The Bertz CT molecular complexity index is 778. The van der Waals surface area contributed by atoms with E-state index in [4.69, 9.17) is 4.52 Å². The SMILES string of the molecule is CN1CCNCC1c1noc(C2CC(=O)Nc3cc(F)ccc32)n1. The molecule has 1 fully saturated rings. The Balaban J connectivity index is 1.66. The Hall–Kier alpha value is -2.32. The van der Waals surface area contributed by atoms with Crippen molar-refractivity contribution in [2.24, 2.45) is 0 Å². The summed E-state index contributed by atoms with van der Waals surface area (Å²) < 4.78 is 18.9. The summed E-state index contributed by atoms with van der Waals surface area (Å²) in [5.41, 5.74) is 1.26. The van der Waals surface area contributed by atoms with E-state index in [1.165, 1.54) is 12.1 Å². The predicted octanol–water partition coefficient (Wildman–Crippen LogP) is 1.26. The largest absolute Gasteiger partial charge is 0.339 e. The van der Waals surface area contributed by atoms with Gasteiger partial charge in [0.15, 0.2) is 5.82 Å². The van der Waals surface area contributed by atoms with Gasteiger partial charge in [-0.15, -0.1) is 0 Å². The predicted molar refractivity (Wildman–Crippen MR) is 84.0 cm³/mol. The van der Waals surface area contributed by atoms with Crippen molar-refractivity contribution in [2.75, 3.05) is 32.0 Å². The number of halogens is 1. The summed E-state index contributed by atoms with van der Waals surface area (Å²) in [4.78, 5) is 18.6. The van der Waals surface area contributed by atoms with E-state index in [0.717, 1.165) is 25.2 Å². The van der Waals surface area contributed by atoms with E-state index in [2.05, 4.69) is 25.7 Å². The lowest BCUT2D eigenvalue weighted by Gasteiger charge is -2.30. The van der Waals surface area contributed by atoms with E-state index in [0.29, 0.717) is 17.4 Å². The first kappa shape index (κ1) is 15.2. The number of likely N-dealkylation sites (N-methyl/N-ethyl adjacent to an activating group) is 1. The molecule has 0 bridgehead atoms. The molecule has 2 aromatic rings. The molecule has 2 aliphatic heterocycles. The molecule has 126 valence electrons. The Morgan fingerprint density at radius 3 is 3.12 bits per heavy atom. The molecular weight excluding hydrogens is 313 g/mol. The smallest absolute Gasteiger partial charge is 0.234 e. The van der Waals surface area contributed by atoms with E-state index in [-0.39, 0.29) is 24.3 Å². The number of amides is 1. The zero-order valence-electron chi connectivity index (χ0n) is 13.3. The Kier molecular flexibility index (Phi) is 3.78. The van der Waals surface area contributed by atoms with Gasteiger partial charge >= 0.3 is 0 Å². The van der Waals surface area contributed by atoms with Crippen LogP contribution in [0.25, 0.3) is 0 Å². The second-order valence-electron chi connectivity index (χ2n) is 6.23. The molecule has 2 atom stereocenters. The minimum Gasteiger partial charge on any atom is -0.339 e. The van der Waals surface area contributed by atoms with Crippen LogP contribution in [-0.2, 0) is 4.79 Å². The standard InChI is InChI=1S/C16H18FN5O2/c1-22-5-4-18-8-13(22)15-20-16(24-21-15)11-7-14(23)19-12-6-9(17)2-3-10(11)12/h2-3,6,11,13,18H,4-5,7-8H2,1H3,(H,19,23). The van der Waals surface area contributed by atoms with Gasteiger partial charge in [-0.3, -0.25) is 9.69 Å². The van der Waals surface area contributed by atoms with E-state index in [1.807, 2.05) is 7.05 Å². The number of carbonyl (C=O) groups is 1. The van der Waals surface area contributed by atoms with Crippen LogP contribution in [0.4, 0.5) is 10.1 Å².